The zero-order chi connectivity index (χ0) is 17.9. The maximum Gasteiger partial charge on any atom is 0.333 e. The zero-order valence-electron chi connectivity index (χ0n) is 14.1. The summed E-state index contributed by atoms with van der Waals surface area (Å²) < 4.78 is 30.6. The van der Waals surface area contributed by atoms with Gasteiger partial charge in [0, 0.05) is 16.9 Å². The van der Waals surface area contributed by atoms with E-state index in [0.29, 0.717) is 18.1 Å². The number of ketones is 1. The molecule has 2 saturated carbocycles. The number of benzene rings is 1. The number of hydrogen-bond acceptors (Lipinski definition) is 4. The molecule has 0 amide bonds. The fourth-order valence-electron chi connectivity index (χ4n) is 4.69. The summed E-state index contributed by atoms with van der Waals surface area (Å²) in [5.74, 6) is 0.651. The van der Waals surface area contributed by atoms with Crippen molar-refractivity contribution in [3.8, 4) is 0 Å². The summed E-state index contributed by atoms with van der Waals surface area (Å²) in [6.07, 6.45) is 2.60. The molecule has 1 aromatic carbocycles. The first-order valence-corrected chi connectivity index (χ1v) is 9.57. The van der Waals surface area contributed by atoms with Crippen molar-refractivity contribution in [1.82, 2.24) is 0 Å². The molecule has 2 bridgehead atoms. The van der Waals surface area contributed by atoms with Crippen molar-refractivity contribution in [1.29, 1.82) is 0 Å². The minimum absolute atomic E-state index is 0.00434. The van der Waals surface area contributed by atoms with E-state index in [1.54, 1.807) is 12.1 Å². The highest BCUT2D eigenvalue weighted by atomic mass is 32.2. The van der Waals surface area contributed by atoms with Gasteiger partial charge in [-0.3, -0.25) is 14.1 Å². The molecular weight excluding hydrogens is 328 g/mol. The number of fused-ring (bicyclic) bond motifs is 2. The second kappa shape index (κ2) is 5.23. The van der Waals surface area contributed by atoms with Crippen molar-refractivity contribution in [3.63, 3.8) is 0 Å². The van der Waals surface area contributed by atoms with Crippen molar-refractivity contribution >= 4 is 21.0 Å². The summed E-state index contributed by atoms with van der Waals surface area (Å²) >= 11 is 0. The Morgan fingerprint density at radius 1 is 1.21 bits per heavy atom. The van der Waals surface area contributed by atoms with Crippen LogP contribution in [0.15, 0.2) is 24.3 Å². The third-order valence-corrected chi connectivity index (χ3v) is 7.25. The number of Topliss-reactive ketones (excluding diaryl/α,β-unsaturated/α-hetero) is 1. The van der Waals surface area contributed by atoms with Crippen LogP contribution in [-0.2, 0) is 21.3 Å². The number of carbonyl (C=O) groups excluding carboxylic acids is 2. The SMILES string of the molecule is CC12CCC(C(Cc3ccc(C(=O)S(=O)(=O)O)cc3)C1=O)C2(C)C. The first kappa shape index (κ1) is 17.3. The van der Waals surface area contributed by atoms with Gasteiger partial charge in [-0.05, 0) is 48.3 Å². The molecule has 1 aromatic rings. The maximum atomic E-state index is 12.8. The standard InChI is InChI=1S/C18H22O5S/c1-17(2)14-8-9-18(17,3)15(19)13(14)10-11-4-6-12(7-5-11)16(20)24(21,22)23/h4-7,13-14H,8-10H2,1-3H3,(H,21,22,23). The Morgan fingerprint density at radius 3 is 2.25 bits per heavy atom. The predicted molar refractivity (Wildman–Crippen MR) is 89.1 cm³/mol. The van der Waals surface area contributed by atoms with Crippen molar-refractivity contribution in [2.45, 2.75) is 40.0 Å². The molecule has 24 heavy (non-hydrogen) atoms. The van der Waals surface area contributed by atoms with Crippen LogP contribution >= 0.6 is 0 Å². The van der Waals surface area contributed by atoms with Crippen molar-refractivity contribution in [2.24, 2.45) is 22.7 Å². The molecule has 0 heterocycles. The Morgan fingerprint density at radius 2 is 1.79 bits per heavy atom. The molecule has 5 nitrogen and oxygen atoms in total. The average Bonchev–Trinajstić information content (AvgIpc) is 2.80. The minimum atomic E-state index is -4.72. The molecule has 2 fully saturated rings. The van der Waals surface area contributed by atoms with Gasteiger partial charge >= 0.3 is 15.2 Å². The third-order valence-electron chi connectivity index (χ3n) is 6.55. The van der Waals surface area contributed by atoms with Crippen LogP contribution < -0.4 is 0 Å². The lowest BCUT2D eigenvalue weighted by Gasteiger charge is -2.32. The normalized spacial score (nSPS) is 31.4. The summed E-state index contributed by atoms with van der Waals surface area (Å²) in [5, 5.41) is -1.31. The van der Waals surface area contributed by atoms with Gasteiger partial charge in [0.2, 0.25) is 0 Å². The van der Waals surface area contributed by atoms with E-state index in [0.717, 1.165) is 18.4 Å². The van der Waals surface area contributed by atoms with Crippen molar-refractivity contribution in [2.75, 3.05) is 0 Å². The Bertz CT molecular complexity index is 806. The highest BCUT2D eigenvalue weighted by Gasteiger charge is 2.65. The Hall–Kier alpha value is -1.53. The molecule has 0 spiro atoms. The second-order valence-corrected chi connectivity index (χ2v) is 9.15. The van der Waals surface area contributed by atoms with E-state index in [1.165, 1.54) is 12.1 Å². The van der Waals surface area contributed by atoms with Crippen LogP contribution in [0.1, 0.15) is 49.5 Å². The van der Waals surface area contributed by atoms with E-state index in [4.69, 9.17) is 4.55 Å². The average molecular weight is 350 g/mol. The molecule has 3 atom stereocenters. The quantitative estimate of drug-likeness (QED) is 0.847. The molecule has 0 aliphatic heterocycles. The van der Waals surface area contributed by atoms with Crippen LogP contribution in [-0.4, -0.2) is 23.9 Å². The largest absolute Gasteiger partial charge is 0.333 e. The monoisotopic (exact) mass is 350 g/mol. The lowest BCUT2D eigenvalue weighted by atomic mass is 9.70. The molecular formula is C18H22O5S. The van der Waals surface area contributed by atoms with E-state index in [1.807, 2.05) is 0 Å². The van der Waals surface area contributed by atoms with E-state index in [-0.39, 0.29) is 22.3 Å². The van der Waals surface area contributed by atoms with Gasteiger partial charge < -0.3 is 0 Å². The molecule has 1 N–H and O–H groups in total. The van der Waals surface area contributed by atoms with E-state index < -0.39 is 15.2 Å². The van der Waals surface area contributed by atoms with E-state index in [9.17, 15) is 18.0 Å². The summed E-state index contributed by atoms with van der Waals surface area (Å²) in [7, 11) is -4.72. The van der Waals surface area contributed by atoms with Crippen LogP contribution in [0.2, 0.25) is 0 Å². The van der Waals surface area contributed by atoms with E-state index in [2.05, 4.69) is 20.8 Å². The van der Waals surface area contributed by atoms with Gasteiger partial charge in [0.15, 0.2) is 0 Å². The van der Waals surface area contributed by atoms with Gasteiger partial charge in [0.25, 0.3) is 0 Å². The highest BCUT2D eigenvalue weighted by Crippen LogP contribution is 2.66. The molecule has 2 aliphatic rings. The van der Waals surface area contributed by atoms with Gasteiger partial charge in [0.05, 0.1) is 0 Å². The number of rotatable bonds is 3. The summed E-state index contributed by atoms with van der Waals surface area (Å²) in [6, 6.07) is 6.09. The summed E-state index contributed by atoms with van der Waals surface area (Å²) in [4.78, 5) is 24.4. The smallest absolute Gasteiger partial charge is 0.299 e. The topological polar surface area (TPSA) is 88.5 Å². The second-order valence-electron chi connectivity index (χ2n) is 7.83. The molecule has 0 saturated heterocycles. The van der Waals surface area contributed by atoms with Gasteiger partial charge in [-0.25, -0.2) is 0 Å². The van der Waals surface area contributed by atoms with Crippen molar-refractivity contribution < 1.29 is 22.6 Å². The molecule has 6 heteroatoms. The van der Waals surface area contributed by atoms with Crippen LogP contribution in [0.4, 0.5) is 0 Å². The van der Waals surface area contributed by atoms with Crippen LogP contribution in [0.25, 0.3) is 0 Å². The van der Waals surface area contributed by atoms with Crippen LogP contribution in [0, 0.1) is 22.7 Å². The fourth-order valence-corrected chi connectivity index (χ4v) is 5.12. The summed E-state index contributed by atoms with van der Waals surface area (Å²) in [5.41, 5.74) is 0.554. The minimum Gasteiger partial charge on any atom is -0.299 e. The number of hydrogen-bond donors (Lipinski definition) is 1. The lowest BCUT2D eigenvalue weighted by molar-refractivity contribution is -0.131. The van der Waals surface area contributed by atoms with Gasteiger partial charge in [-0.2, -0.15) is 8.42 Å². The van der Waals surface area contributed by atoms with Gasteiger partial charge in [-0.1, -0.05) is 32.9 Å². The molecule has 2 aliphatic carbocycles. The molecule has 3 rings (SSSR count). The Balaban J connectivity index is 1.81. The fraction of sp³-hybridized carbons (Fsp3) is 0.556. The predicted octanol–water partition coefficient (Wildman–Crippen LogP) is 2.90. The van der Waals surface area contributed by atoms with Crippen LogP contribution in [0.5, 0.6) is 0 Å². The van der Waals surface area contributed by atoms with Crippen molar-refractivity contribution in [3.05, 3.63) is 35.4 Å². The van der Waals surface area contributed by atoms with Gasteiger partial charge in [0.1, 0.15) is 5.78 Å². The molecule has 0 aromatic heterocycles. The zero-order valence-corrected chi connectivity index (χ0v) is 14.9. The Labute approximate surface area is 142 Å². The Kier molecular flexibility index (Phi) is 3.77. The third kappa shape index (κ3) is 2.35. The first-order valence-electron chi connectivity index (χ1n) is 8.13. The first-order chi connectivity index (χ1) is 11.0. The maximum absolute atomic E-state index is 12.8. The molecule has 130 valence electrons. The van der Waals surface area contributed by atoms with Gasteiger partial charge in [-0.15, -0.1) is 0 Å². The van der Waals surface area contributed by atoms with E-state index >= 15 is 0 Å². The highest BCUT2D eigenvalue weighted by molar-refractivity contribution is 8.01. The number of carbonyl (C=O) groups is 2. The van der Waals surface area contributed by atoms with Crippen LogP contribution in [0.3, 0.4) is 0 Å². The molecule has 3 unspecified atom stereocenters. The lowest BCUT2D eigenvalue weighted by Crippen LogP contribution is -2.33. The summed E-state index contributed by atoms with van der Waals surface area (Å²) in [6.45, 7) is 6.43. The molecule has 0 radical (unpaired) electrons.